The molecule has 4 heteroatoms. The van der Waals surface area contributed by atoms with E-state index in [0.717, 1.165) is 34.5 Å². The molecule has 2 heterocycles. The summed E-state index contributed by atoms with van der Waals surface area (Å²) in [5.41, 5.74) is 5.60. The maximum Gasteiger partial charge on any atom is 0.255 e. The van der Waals surface area contributed by atoms with Crippen molar-refractivity contribution in [2.24, 2.45) is 0 Å². The summed E-state index contributed by atoms with van der Waals surface area (Å²) in [7, 11) is 0. The van der Waals surface area contributed by atoms with Crippen molar-refractivity contribution in [2.75, 3.05) is 5.32 Å². The average molecular weight is 322 g/mol. The maximum absolute atomic E-state index is 12.6. The molecule has 0 aliphatic carbocycles. The third-order valence-electron chi connectivity index (χ3n) is 3.82. The Labute approximate surface area is 140 Å². The van der Waals surface area contributed by atoms with Crippen molar-refractivity contribution in [3.63, 3.8) is 0 Å². The zero-order valence-electron chi connectivity index (χ0n) is 13.2. The molecule has 116 valence electrons. The molecule has 0 aliphatic heterocycles. The van der Waals surface area contributed by atoms with E-state index in [-0.39, 0.29) is 5.91 Å². The van der Waals surface area contributed by atoms with Crippen LogP contribution in [0.25, 0.3) is 11.3 Å². The van der Waals surface area contributed by atoms with Gasteiger partial charge in [0.15, 0.2) is 0 Å². The van der Waals surface area contributed by atoms with Crippen LogP contribution in [0.2, 0.25) is 0 Å². The van der Waals surface area contributed by atoms with Gasteiger partial charge in [-0.15, -0.1) is 0 Å². The first-order chi connectivity index (χ1) is 11.2. The fourth-order valence-corrected chi connectivity index (χ4v) is 3.18. The highest BCUT2D eigenvalue weighted by atomic mass is 32.1. The van der Waals surface area contributed by atoms with E-state index in [1.165, 1.54) is 0 Å². The lowest BCUT2D eigenvalue weighted by molar-refractivity contribution is 0.102. The SMILES string of the molecule is CCc1cccc(C)c1NC(=O)c1ccnc(-c2ccsc2)c1. The van der Waals surface area contributed by atoms with E-state index < -0.39 is 0 Å². The number of amides is 1. The number of benzene rings is 1. The monoisotopic (exact) mass is 322 g/mol. The van der Waals surface area contributed by atoms with Crippen LogP contribution in [0.1, 0.15) is 28.4 Å². The fourth-order valence-electron chi connectivity index (χ4n) is 2.53. The van der Waals surface area contributed by atoms with Crippen LogP contribution < -0.4 is 5.32 Å². The number of aryl methyl sites for hydroxylation is 2. The summed E-state index contributed by atoms with van der Waals surface area (Å²) >= 11 is 1.62. The first-order valence-electron chi connectivity index (χ1n) is 7.57. The normalized spacial score (nSPS) is 10.5. The van der Waals surface area contributed by atoms with Gasteiger partial charge in [-0.05, 0) is 48.1 Å². The predicted molar refractivity (Wildman–Crippen MR) is 96.1 cm³/mol. The third kappa shape index (κ3) is 3.32. The second kappa shape index (κ2) is 6.75. The predicted octanol–water partition coefficient (Wildman–Crippen LogP) is 4.93. The molecule has 23 heavy (non-hydrogen) atoms. The van der Waals surface area contributed by atoms with Gasteiger partial charge in [-0.25, -0.2) is 0 Å². The van der Waals surface area contributed by atoms with E-state index in [2.05, 4.69) is 17.2 Å². The van der Waals surface area contributed by atoms with Crippen LogP contribution in [0.3, 0.4) is 0 Å². The van der Waals surface area contributed by atoms with Crippen molar-refractivity contribution < 1.29 is 4.79 Å². The van der Waals surface area contributed by atoms with Crippen LogP contribution >= 0.6 is 11.3 Å². The van der Waals surface area contributed by atoms with E-state index >= 15 is 0 Å². The van der Waals surface area contributed by atoms with Crippen molar-refractivity contribution >= 4 is 22.9 Å². The summed E-state index contributed by atoms with van der Waals surface area (Å²) in [6.45, 7) is 4.10. The summed E-state index contributed by atoms with van der Waals surface area (Å²) in [5.74, 6) is -0.104. The average Bonchev–Trinajstić information content (AvgIpc) is 3.11. The highest BCUT2D eigenvalue weighted by molar-refractivity contribution is 7.08. The number of anilines is 1. The Bertz CT molecular complexity index is 825. The van der Waals surface area contributed by atoms with Gasteiger partial charge in [0.25, 0.3) is 5.91 Å². The van der Waals surface area contributed by atoms with Crippen LogP contribution in [0, 0.1) is 6.92 Å². The first kappa shape index (κ1) is 15.4. The highest BCUT2D eigenvalue weighted by Gasteiger charge is 2.12. The van der Waals surface area contributed by atoms with Crippen LogP contribution in [0.5, 0.6) is 0 Å². The van der Waals surface area contributed by atoms with E-state index in [9.17, 15) is 4.79 Å². The molecule has 0 saturated carbocycles. The number of nitrogens with one attached hydrogen (secondary N) is 1. The molecule has 0 saturated heterocycles. The molecule has 0 radical (unpaired) electrons. The lowest BCUT2D eigenvalue weighted by Gasteiger charge is -2.13. The third-order valence-corrected chi connectivity index (χ3v) is 4.50. The molecule has 0 bridgehead atoms. The van der Waals surface area contributed by atoms with Crippen molar-refractivity contribution in [3.8, 4) is 11.3 Å². The molecule has 3 nitrogen and oxygen atoms in total. The molecule has 3 rings (SSSR count). The van der Waals surface area contributed by atoms with Gasteiger partial charge in [-0.2, -0.15) is 11.3 Å². The number of carbonyl (C=O) groups is 1. The molecule has 0 spiro atoms. The molecule has 0 fully saturated rings. The minimum absolute atomic E-state index is 0.104. The van der Waals surface area contributed by atoms with Gasteiger partial charge in [0, 0.05) is 28.4 Å². The van der Waals surface area contributed by atoms with E-state index in [4.69, 9.17) is 0 Å². The standard InChI is InChI=1S/C19H18N2OS/c1-3-14-6-4-5-13(2)18(14)21-19(22)15-7-9-20-17(11-15)16-8-10-23-12-16/h4-12H,3H2,1-2H3,(H,21,22). The Morgan fingerprint density at radius 2 is 2.13 bits per heavy atom. The molecule has 3 aromatic rings. The van der Waals surface area contributed by atoms with E-state index in [0.29, 0.717) is 5.56 Å². The van der Waals surface area contributed by atoms with Gasteiger partial charge in [0.1, 0.15) is 0 Å². The molecule has 0 aliphatic rings. The number of thiophene rings is 1. The summed E-state index contributed by atoms with van der Waals surface area (Å²) < 4.78 is 0. The topological polar surface area (TPSA) is 42.0 Å². The van der Waals surface area contributed by atoms with Crippen molar-refractivity contribution in [1.82, 2.24) is 4.98 Å². The maximum atomic E-state index is 12.6. The van der Waals surface area contributed by atoms with Crippen molar-refractivity contribution in [3.05, 3.63) is 70.0 Å². The molecule has 0 unspecified atom stereocenters. The van der Waals surface area contributed by atoms with Gasteiger partial charge in [0.05, 0.1) is 5.69 Å². The summed E-state index contributed by atoms with van der Waals surface area (Å²) in [5, 5.41) is 7.09. The number of nitrogens with zero attached hydrogens (tertiary/aromatic N) is 1. The van der Waals surface area contributed by atoms with Crippen molar-refractivity contribution in [1.29, 1.82) is 0 Å². The number of para-hydroxylation sites is 1. The second-order valence-electron chi connectivity index (χ2n) is 5.36. The molecule has 2 aromatic heterocycles. The van der Waals surface area contributed by atoms with Gasteiger partial charge in [0.2, 0.25) is 0 Å². The Kier molecular flexibility index (Phi) is 4.53. The Morgan fingerprint density at radius 3 is 2.87 bits per heavy atom. The van der Waals surface area contributed by atoms with Gasteiger partial charge in [-0.1, -0.05) is 25.1 Å². The van der Waals surface area contributed by atoms with Gasteiger partial charge < -0.3 is 5.32 Å². The quantitative estimate of drug-likeness (QED) is 0.739. The molecule has 0 atom stereocenters. The Morgan fingerprint density at radius 1 is 1.26 bits per heavy atom. The molecule has 1 amide bonds. The second-order valence-corrected chi connectivity index (χ2v) is 6.14. The number of aromatic nitrogens is 1. The highest BCUT2D eigenvalue weighted by Crippen LogP contribution is 2.24. The smallest absolute Gasteiger partial charge is 0.255 e. The van der Waals surface area contributed by atoms with Crippen LogP contribution in [0.15, 0.2) is 53.4 Å². The largest absolute Gasteiger partial charge is 0.321 e. The zero-order chi connectivity index (χ0) is 16.2. The minimum Gasteiger partial charge on any atom is -0.321 e. The van der Waals surface area contributed by atoms with Gasteiger partial charge in [-0.3, -0.25) is 9.78 Å². The van der Waals surface area contributed by atoms with Crippen molar-refractivity contribution in [2.45, 2.75) is 20.3 Å². The molecular weight excluding hydrogens is 304 g/mol. The van der Waals surface area contributed by atoms with E-state index in [1.807, 2.05) is 48.0 Å². The summed E-state index contributed by atoms with van der Waals surface area (Å²) in [4.78, 5) is 17.0. The summed E-state index contributed by atoms with van der Waals surface area (Å²) in [6, 6.07) is 11.7. The van der Waals surface area contributed by atoms with E-state index in [1.54, 1.807) is 23.6 Å². The minimum atomic E-state index is -0.104. The number of carbonyl (C=O) groups excluding carboxylic acids is 1. The number of hydrogen-bond donors (Lipinski definition) is 1. The van der Waals surface area contributed by atoms with Crippen LogP contribution in [-0.4, -0.2) is 10.9 Å². The Hall–Kier alpha value is -2.46. The molecular formula is C19H18N2OS. The first-order valence-corrected chi connectivity index (χ1v) is 8.51. The number of rotatable bonds is 4. The number of pyridine rings is 1. The number of hydrogen-bond acceptors (Lipinski definition) is 3. The zero-order valence-corrected chi connectivity index (χ0v) is 14.0. The van der Waals surface area contributed by atoms with Gasteiger partial charge >= 0.3 is 0 Å². The molecule has 1 aromatic carbocycles. The lowest BCUT2D eigenvalue weighted by atomic mass is 10.1. The fraction of sp³-hybridized carbons (Fsp3) is 0.158. The molecule has 1 N–H and O–H groups in total. The van der Waals surface area contributed by atoms with Crippen LogP contribution in [0.4, 0.5) is 5.69 Å². The summed E-state index contributed by atoms with van der Waals surface area (Å²) in [6.07, 6.45) is 2.56. The van der Waals surface area contributed by atoms with Crippen LogP contribution in [-0.2, 0) is 6.42 Å². The Balaban J connectivity index is 1.89. The lowest BCUT2D eigenvalue weighted by Crippen LogP contribution is -2.14.